The molecule has 1 amide bonds. The summed E-state index contributed by atoms with van der Waals surface area (Å²) in [5.41, 5.74) is 4.18. The third-order valence-corrected chi connectivity index (χ3v) is 5.51. The highest BCUT2D eigenvalue weighted by Crippen LogP contribution is 2.23. The second kappa shape index (κ2) is 9.12. The smallest absolute Gasteiger partial charge is 0.269 e. The summed E-state index contributed by atoms with van der Waals surface area (Å²) < 4.78 is 1.74. The van der Waals surface area contributed by atoms with E-state index in [1.165, 1.54) is 5.56 Å². The molecule has 2 aromatic heterocycles. The zero-order chi connectivity index (χ0) is 21.8. The lowest BCUT2D eigenvalue weighted by Gasteiger charge is -2.15. The van der Waals surface area contributed by atoms with E-state index in [9.17, 15) is 4.79 Å². The molecular weight excluding hydrogens is 390 g/mol. The number of nitrogens with zero attached hydrogens (tertiary/aromatic N) is 4. The minimum Gasteiger partial charge on any atom is -0.391 e. The van der Waals surface area contributed by atoms with Crippen molar-refractivity contribution >= 4 is 11.6 Å². The van der Waals surface area contributed by atoms with Crippen LogP contribution in [0, 0.1) is 5.92 Å². The monoisotopic (exact) mass is 417 g/mol. The summed E-state index contributed by atoms with van der Waals surface area (Å²) in [6, 6.07) is 15.9. The molecule has 0 fully saturated rings. The molecule has 31 heavy (non-hydrogen) atoms. The molecule has 0 spiro atoms. The first kappa shape index (κ1) is 20.8. The van der Waals surface area contributed by atoms with Crippen LogP contribution in [-0.2, 0) is 11.3 Å². The number of carbonyl (C=O) groups is 1. The Labute approximate surface area is 182 Å². The van der Waals surface area contributed by atoms with Gasteiger partial charge >= 0.3 is 0 Å². The van der Waals surface area contributed by atoms with Crippen molar-refractivity contribution in [1.82, 2.24) is 20.1 Å². The summed E-state index contributed by atoms with van der Waals surface area (Å²) in [4.78, 5) is 22.8. The van der Waals surface area contributed by atoms with Crippen LogP contribution >= 0.6 is 0 Å². The quantitative estimate of drug-likeness (QED) is 0.632. The Kier molecular flexibility index (Phi) is 6.11. The Balaban J connectivity index is 1.41. The van der Waals surface area contributed by atoms with Gasteiger partial charge in [-0.15, -0.1) is 0 Å². The summed E-state index contributed by atoms with van der Waals surface area (Å²) in [5.74, 6) is -0.0563. The van der Waals surface area contributed by atoms with Gasteiger partial charge in [0, 0.05) is 36.3 Å². The summed E-state index contributed by atoms with van der Waals surface area (Å²) in [7, 11) is 0. The Hall–Kier alpha value is -3.48. The van der Waals surface area contributed by atoms with Crippen molar-refractivity contribution in [2.24, 2.45) is 11.1 Å². The van der Waals surface area contributed by atoms with Crippen molar-refractivity contribution in [3.05, 3.63) is 72.2 Å². The minimum absolute atomic E-state index is 0.0207. The van der Waals surface area contributed by atoms with E-state index in [0.717, 1.165) is 23.4 Å². The Morgan fingerprint density at radius 3 is 2.71 bits per heavy atom. The molecule has 0 saturated heterocycles. The molecule has 1 aliphatic rings. The van der Waals surface area contributed by atoms with E-state index in [2.05, 4.69) is 39.6 Å². The first-order chi connectivity index (χ1) is 15.0. The van der Waals surface area contributed by atoms with Crippen LogP contribution in [0.1, 0.15) is 42.9 Å². The molecular formula is C24H27N5O2. The number of aromatic nitrogens is 3. The molecule has 0 bridgehead atoms. The molecule has 3 heterocycles. The fourth-order valence-corrected chi connectivity index (χ4v) is 3.65. The molecule has 2 unspecified atom stereocenters. The van der Waals surface area contributed by atoms with Crippen LogP contribution in [0.4, 0.5) is 0 Å². The van der Waals surface area contributed by atoms with E-state index >= 15 is 0 Å². The molecule has 4 rings (SSSR count). The average molecular weight is 418 g/mol. The van der Waals surface area contributed by atoms with Gasteiger partial charge in [0.15, 0.2) is 0 Å². The fraction of sp³-hybridized carbons (Fsp3) is 0.333. The Bertz CT molecular complexity index is 1060. The summed E-state index contributed by atoms with van der Waals surface area (Å²) in [6.07, 6.45) is 4.23. The minimum atomic E-state index is -0.183. The van der Waals surface area contributed by atoms with Gasteiger partial charge in [0.25, 0.3) is 5.91 Å². The Morgan fingerprint density at radius 1 is 1.19 bits per heavy atom. The fourth-order valence-electron chi connectivity index (χ4n) is 3.65. The average Bonchev–Trinajstić information content (AvgIpc) is 3.38. The van der Waals surface area contributed by atoms with E-state index < -0.39 is 0 Å². The molecule has 0 aliphatic carbocycles. The standard InChI is InChI=1S/C24H27N5O2/c1-16(2)29-22(13-20(27-29)19-10-7-11-25-14-19)24(30)26-15-21-17(3)23(31-28-21)12-18-8-5-4-6-9-18/h4-11,13-14,16-17,23H,12,15H2,1-3H3,(H,26,30). The van der Waals surface area contributed by atoms with Gasteiger partial charge in [-0.05, 0) is 37.6 Å². The number of amides is 1. The number of benzene rings is 1. The first-order valence-electron chi connectivity index (χ1n) is 10.6. The number of carbonyl (C=O) groups excluding carboxylic acids is 1. The second-order valence-corrected chi connectivity index (χ2v) is 8.08. The van der Waals surface area contributed by atoms with Crippen molar-refractivity contribution in [2.75, 3.05) is 6.54 Å². The SMILES string of the molecule is CC1C(CNC(=O)c2cc(-c3cccnc3)nn2C(C)C)=NOC1Cc1ccccc1. The number of pyridine rings is 1. The summed E-state index contributed by atoms with van der Waals surface area (Å²) in [5, 5.41) is 11.8. The maximum atomic E-state index is 13.0. The number of rotatable bonds is 7. The van der Waals surface area contributed by atoms with Crippen LogP contribution in [0.25, 0.3) is 11.3 Å². The van der Waals surface area contributed by atoms with Crippen LogP contribution < -0.4 is 5.32 Å². The normalized spacial score (nSPS) is 18.0. The third-order valence-electron chi connectivity index (χ3n) is 5.51. The molecule has 0 saturated carbocycles. The van der Waals surface area contributed by atoms with Crippen molar-refractivity contribution < 1.29 is 9.63 Å². The van der Waals surface area contributed by atoms with Crippen molar-refractivity contribution in [3.63, 3.8) is 0 Å². The molecule has 3 aromatic rings. The van der Waals surface area contributed by atoms with Crippen LogP contribution in [0.2, 0.25) is 0 Å². The molecule has 1 aromatic carbocycles. The van der Waals surface area contributed by atoms with Crippen LogP contribution in [0.3, 0.4) is 0 Å². The zero-order valence-electron chi connectivity index (χ0n) is 18.0. The highest BCUT2D eigenvalue weighted by molar-refractivity contribution is 5.98. The van der Waals surface area contributed by atoms with Gasteiger partial charge in [-0.25, -0.2) is 0 Å². The second-order valence-electron chi connectivity index (χ2n) is 8.08. The van der Waals surface area contributed by atoms with E-state index in [1.54, 1.807) is 23.1 Å². The third kappa shape index (κ3) is 4.66. The van der Waals surface area contributed by atoms with Crippen molar-refractivity contribution in [2.45, 2.75) is 39.3 Å². The summed E-state index contributed by atoms with van der Waals surface area (Å²) >= 11 is 0. The van der Waals surface area contributed by atoms with E-state index in [4.69, 9.17) is 4.84 Å². The lowest BCUT2D eigenvalue weighted by atomic mass is 9.94. The van der Waals surface area contributed by atoms with Gasteiger partial charge in [-0.3, -0.25) is 14.5 Å². The van der Waals surface area contributed by atoms with Gasteiger partial charge < -0.3 is 10.2 Å². The first-order valence-corrected chi connectivity index (χ1v) is 10.6. The van der Waals surface area contributed by atoms with Gasteiger partial charge in [0.1, 0.15) is 11.8 Å². The number of hydrogen-bond acceptors (Lipinski definition) is 5. The molecule has 7 heteroatoms. The van der Waals surface area contributed by atoms with Gasteiger partial charge in [0.2, 0.25) is 0 Å². The number of oxime groups is 1. The predicted octanol–water partition coefficient (Wildman–Crippen LogP) is 3.89. The predicted molar refractivity (Wildman–Crippen MR) is 120 cm³/mol. The maximum Gasteiger partial charge on any atom is 0.269 e. The van der Waals surface area contributed by atoms with Gasteiger partial charge in [-0.2, -0.15) is 5.10 Å². The lowest BCUT2D eigenvalue weighted by Crippen LogP contribution is -2.35. The summed E-state index contributed by atoms with van der Waals surface area (Å²) in [6.45, 7) is 6.44. The van der Waals surface area contributed by atoms with E-state index in [0.29, 0.717) is 12.2 Å². The number of hydrogen-bond donors (Lipinski definition) is 1. The Morgan fingerprint density at radius 2 is 2.00 bits per heavy atom. The van der Waals surface area contributed by atoms with Crippen molar-refractivity contribution in [1.29, 1.82) is 0 Å². The highest BCUT2D eigenvalue weighted by Gasteiger charge is 2.31. The van der Waals surface area contributed by atoms with Crippen molar-refractivity contribution in [3.8, 4) is 11.3 Å². The zero-order valence-corrected chi connectivity index (χ0v) is 18.0. The van der Waals surface area contributed by atoms with Crippen LogP contribution in [0.5, 0.6) is 0 Å². The van der Waals surface area contributed by atoms with Crippen LogP contribution in [0.15, 0.2) is 66.1 Å². The molecule has 160 valence electrons. The largest absolute Gasteiger partial charge is 0.391 e. The molecule has 1 N–H and O–H groups in total. The van der Waals surface area contributed by atoms with Crippen LogP contribution in [-0.4, -0.2) is 39.0 Å². The topological polar surface area (TPSA) is 81.4 Å². The molecule has 2 atom stereocenters. The van der Waals surface area contributed by atoms with Gasteiger partial charge in [-0.1, -0.05) is 42.4 Å². The number of nitrogens with one attached hydrogen (secondary N) is 1. The van der Waals surface area contributed by atoms with E-state index in [1.807, 2.05) is 44.2 Å². The molecule has 0 radical (unpaired) electrons. The molecule has 1 aliphatic heterocycles. The lowest BCUT2D eigenvalue weighted by molar-refractivity contribution is 0.0660. The van der Waals surface area contributed by atoms with Gasteiger partial charge in [0.05, 0.1) is 18.0 Å². The molecule has 7 nitrogen and oxygen atoms in total. The maximum absolute atomic E-state index is 13.0. The highest BCUT2D eigenvalue weighted by atomic mass is 16.6. The van der Waals surface area contributed by atoms with E-state index in [-0.39, 0.29) is 24.0 Å².